The van der Waals surface area contributed by atoms with Gasteiger partial charge in [-0.05, 0) is 20.3 Å². The lowest BCUT2D eigenvalue weighted by Gasteiger charge is -2.11. The van der Waals surface area contributed by atoms with Gasteiger partial charge in [-0.15, -0.1) is 0 Å². The van der Waals surface area contributed by atoms with Crippen molar-refractivity contribution in [2.75, 3.05) is 0 Å². The van der Waals surface area contributed by atoms with Crippen LogP contribution in [0.1, 0.15) is 36.5 Å². The van der Waals surface area contributed by atoms with Crippen molar-refractivity contribution in [3.8, 4) is 0 Å². The van der Waals surface area contributed by atoms with Gasteiger partial charge < -0.3 is 5.32 Å². The number of hydrogen-bond donors (Lipinski definition) is 1. The van der Waals surface area contributed by atoms with Crippen molar-refractivity contribution in [2.45, 2.75) is 33.2 Å². The van der Waals surface area contributed by atoms with Gasteiger partial charge in [0.1, 0.15) is 5.69 Å². The fourth-order valence-corrected chi connectivity index (χ4v) is 1.69. The van der Waals surface area contributed by atoms with Crippen molar-refractivity contribution in [1.82, 2.24) is 19.7 Å². The number of aryl methyl sites for hydroxylation is 1. The van der Waals surface area contributed by atoms with Gasteiger partial charge in [0.15, 0.2) is 5.65 Å². The summed E-state index contributed by atoms with van der Waals surface area (Å²) in [6, 6.07) is 0.161. The third kappa shape index (κ3) is 2.13. The van der Waals surface area contributed by atoms with Crippen LogP contribution in [0.5, 0.6) is 0 Å². The van der Waals surface area contributed by atoms with Crippen molar-refractivity contribution in [3.05, 3.63) is 30.0 Å². The van der Waals surface area contributed by atoms with E-state index < -0.39 is 0 Å². The summed E-state index contributed by atoms with van der Waals surface area (Å²) in [6.07, 6.45) is 5.95. The zero-order chi connectivity index (χ0) is 12.4. The standard InChI is InChI=1S/C12H16N4O/c1-4-8(2)14-12(17)11-9(3)15-10-7-13-5-6-16(10)11/h5-8H,4H2,1-3H3,(H,14,17). The van der Waals surface area contributed by atoms with E-state index >= 15 is 0 Å². The number of hydrogen-bond acceptors (Lipinski definition) is 3. The summed E-state index contributed by atoms with van der Waals surface area (Å²) >= 11 is 0. The lowest BCUT2D eigenvalue weighted by Crippen LogP contribution is -2.33. The van der Waals surface area contributed by atoms with Crippen molar-refractivity contribution in [2.24, 2.45) is 0 Å². The second-order valence-electron chi connectivity index (χ2n) is 4.13. The van der Waals surface area contributed by atoms with Crippen LogP contribution in [-0.2, 0) is 0 Å². The van der Waals surface area contributed by atoms with Crippen molar-refractivity contribution >= 4 is 11.6 Å². The molecule has 0 aromatic carbocycles. The molecule has 5 nitrogen and oxygen atoms in total. The maximum absolute atomic E-state index is 12.1. The normalized spacial score (nSPS) is 12.6. The van der Waals surface area contributed by atoms with Crippen LogP contribution in [0.4, 0.5) is 0 Å². The number of imidazole rings is 1. The first-order valence-electron chi connectivity index (χ1n) is 5.73. The van der Waals surface area contributed by atoms with Crippen LogP contribution < -0.4 is 5.32 Å². The van der Waals surface area contributed by atoms with Gasteiger partial charge in [0.2, 0.25) is 0 Å². The molecule has 2 aromatic rings. The molecule has 0 bridgehead atoms. The second kappa shape index (κ2) is 4.53. The molecule has 0 aliphatic heterocycles. The number of nitrogens with one attached hydrogen (secondary N) is 1. The van der Waals surface area contributed by atoms with Crippen LogP contribution >= 0.6 is 0 Å². The average Bonchev–Trinajstić information content (AvgIpc) is 2.64. The predicted octanol–water partition coefficient (Wildman–Crippen LogP) is 1.57. The van der Waals surface area contributed by atoms with Gasteiger partial charge in [0.05, 0.1) is 11.9 Å². The van der Waals surface area contributed by atoms with E-state index in [1.807, 2.05) is 20.8 Å². The maximum atomic E-state index is 12.1. The predicted molar refractivity (Wildman–Crippen MR) is 64.9 cm³/mol. The van der Waals surface area contributed by atoms with E-state index in [-0.39, 0.29) is 11.9 Å². The van der Waals surface area contributed by atoms with Gasteiger partial charge in [-0.2, -0.15) is 0 Å². The maximum Gasteiger partial charge on any atom is 0.270 e. The molecule has 5 heteroatoms. The molecule has 0 saturated carbocycles. The molecule has 0 fully saturated rings. The zero-order valence-electron chi connectivity index (χ0n) is 10.3. The minimum Gasteiger partial charge on any atom is -0.348 e. The number of amides is 1. The first-order valence-corrected chi connectivity index (χ1v) is 5.73. The highest BCUT2D eigenvalue weighted by Gasteiger charge is 2.17. The fraction of sp³-hybridized carbons (Fsp3) is 0.417. The molecule has 0 radical (unpaired) electrons. The fourth-order valence-electron chi connectivity index (χ4n) is 1.69. The molecule has 17 heavy (non-hydrogen) atoms. The molecule has 1 N–H and O–H groups in total. The van der Waals surface area contributed by atoms with Crippen molar-refractivity contribution < 1.29 is 4.79 Å². The smallest absolute Gasteiger partial charge is 0.270 e. The highest BCUT2D eigenvalue weighted by molar-refractivity contribution is 5.94. The molecule has 90 valence electrons. The summed E-state index contributed by atoms with van der Waals surface area (Å²) in [4.78, 5) is 20.4. The van der Waals surface area contributed by atoms with E-state index in [4.69, 9.17) is 0 Å². The lowest BCUT2D eigenvalue weighted by molar-refractivity contribution is 0.0932. The van der Waals surface area contributed by atoms with Crippen LogP contribution in [0.25, 0.3) is 5.65 Å². The Morgan fingerprint density at radius 2 is 2.35 bits per heavy atom. The molecule has 0 saturated heterocycles. The lowest BCUT2D eigenvalue weighted by atomic mass is 10.2. The Morgan fingerprint density at radius 3 is 3.06 bits per heavy atom. The van der Waals surface area contributed by atoms with Crippen LogP contribution in [0, 0.1) is 6.92 Å². The monoisotopic (exact) mass is 232 g/mol. The zero-order valence-corrected chi connectivity index (χ0v) is 10.3. The van der Waals surface area contributed by atoms with Crippen LogP contribution in [0.3, 0.4) is 0 Å². The Hall–Kier alpha value is -1.91. The minimum absolute atomic E-state index is 0.0875. The Labute approximate surface area is 99.9 Å². The quantitative estimate of drug-likeness (QED) is 0.873. The average molecular weight is 232 g/mol. The van der Waals surface area contributed by atoms with Crippen LogP contribution in [0.2, 0.25) is 0 Å². The Bertz CT molecular complexity index is 546. The summed E-state index contributed by atoms with van der Waals surface area (Å²) in [6.45, 7) is 5.85. The summed E-state index contributed by atoms with van der Waals surface area (Å²) in [5, 5.41) is 2.94. The Morgan fingerprint density at radius 1 is 1.59 bits per heavy atom. The van der Waals surface area contributed by atoms with Crippen LogP contribution in [-0.4, -0.2) is 26.3 Å². The minimum atomic E-state index is -0.0875. The van der Waals surface area contributed by atoms with E-state index in [1.165, 1.54) is 0 Å². The van der Waals surface area contributed by atoms with Crippen molar-refractivity contribution in [1.29, 1.82) is 0 Å². The summed E-state index contributed by atoms with van der Waals surface area (Å²) in [5.41, 5.74) is 2.00. The Kier molecular flexibility index (Phi) is 3.08. The highest BCUT2D eigenvalue weighted by Crippen LogP contribution is 2.10. The summed E-state index contributed by atoms with van der Waals surface area (Å²) in [5.74, 6) is -0.0875. The van der Waals surface area contributed by atoms with Gasteiger partial charge in [-0.1, -0.05) is 6.92 Å². The van der Waals surface area contributed by atoms with E-state index in [1.54, 1.807) is 23.0 Å². The number of fused-ring (bicyclic) bond motifs is 1. The molecule has 0 spiro atoms. The molecule has 0 aliphatic carbocycles. The first kappa shape index (κ1) is 11.6. The van der Waals surface area contributed by atoms with Gasteiger partial charge in [-0.3, -0.25) is 14.2 Å². The van der Waals surface area contributed by atoms with Crippen LogP contribution in [0.15, 0.2) is 18.6 Å². The summed E-state index contributed by atoms with van der Waals surface area (Å²) < 4.78 is 1.76. The molecule has 2 heterocycles. The third-order valence-electron chi connectivity index (χ3n) is 2.81. The molecular weight excluding hydrogens is 216 g/mol. The van der Waals surface area contributed by atoms with E-state index in [9.17, 15) is 4.79 Å². The molecule has 0 aliphatic rings. The van der Waals surface area contributed by atoms with Crippen molar-refractivity contribution in [3.63, 3.8) is 0 Å². The second-order valence-corrected chi connectivity index (χ2v) is 4.13. The van der Waals surface area contributed by atoms with E-state index in [0.717, 1.165) is 12.1 Å². The topological polar surface area (TPSA) is 59.3 Å². The van der Waals surface area contributed by atoms with E-state index in [0.29, 0.717) is 11.3 Å². The molecule has 1 unspecified atom stereocenters. The highest BCUT2D eigenvalue weighted by atomic mass is 16.2. The van der Waals surface area contributed by atoms with E-state index in [2.05, 4.69) is 15.3 Å². The largest absolute Gasteiger partial charge is 0.348 e. The molecule has 2 rings (SSSR count). The molecule has 1 amide bonds. The van der Waals surface area contributed by atoms with Gasteiger partial charge in [-0.25, -0.2) is 4.98 Å². The number of rotatable bonds is 3. The molecule has 1 atom stereocenters. The number of carbonyl (C=O) groups is 1. The third-order valence-corrected chi connectivity index (χ3v) is 2.81. The molecular formula is C12H16N4O. The molecule has 2 aromatic heterocycles. The number of aromatic nitrogens is 3. The number of nitrogens with zero attached hydrogens (tertiary/aromatic N) is 3. The number of carbonyl (C=O) groups excluding carboxylic acids is 1. The van der Waals surface area contributed by atoms with Gasteiger partial charge >= 0.3 is 0 Å². The summed E-state index contributed by atoms with van der Waals surface area (Å²) in [7, 11) is 0. The first-order chi connectivity index (χ1) is 8.13. The van der Waals surface area contributed by atoms with Gasteiger partial charge in [0.25, 0.3) is 5.91 Å². The van der Waals surface area contributed by atoms with Gasteiger partial charge in [0, 0.05) is 18.4 Å². The SMILES string of the molecule is CCC(C)NC(=O)c1c(C)nc2cnccn12. The Balaban J connectivity index is 2.41.